The van der Waals surface area contributed by atoms with Crippen molar-refractivity contribution in [1.29, 1.82) is 0 Å². The molecule has 2 aliphatic rings. The largest absolute Gasteiger partial charge is 0.243 e. The Morgan fingerprint density at radius 2 is 1.65 bits per heavy atom. The molecule has 2 fully saturated rings. The quantitative estimate of drug-likeness (QED) is 0.810. The van der Waals surface area contributed by atoms with Gasteiger partial charge >= 0.3 is 0 Å². The van der Waals surface area contributed by atoms with E-state index in [1.165, 1.54) is 16.6 Å². The fourth-order valence-electron chi connectivity index (χ4n) is 3.68. The van der Waals surface area contributed by atoms with E-state index in [1.807, 2.05) is 6.92 Å². The average Bonchev–Trinajstić information content (AvgIpc) is 2.72. The minimum absolute atomic E-state index is 0.183. The number of fused-ring (bicyclic) bond motifs is 2. The molecule has 2 unspecified atom stereocenters. The summed E-state index contributed by atoms with van der Waals surface area (Å²) in [7, 11) is -6.79. The maximum Gasteiger partial charge on any atom is 0.243 e. The van der Waals surface area contributed by atoms with E-state index < -0.39 is 25.1 Å². The minimum atomic E-state index is -3.65. The van der Waals surface area contributed by atoms with Crippen molar-refractivity contribution in [3.63, 3.8) is 0 Å². The summed E-state index contributed by atoms with van der Waals surface area (Å²) in [5, 5.41) is -0.0162. The third kappa shape index (κ3) is 3.04. The molecule has 2 atom stereocenters. The molecule has 5 nitrogen and oxygen atoms in total. The molecule has 2 aliphatic heterocycles. The number of halogens is 1. The van der Waals surface area contributed by atoms with Crippen LogP contribution in [0.25, 0.3) is 0 Å². The highest BCUT2D eigenvalue weighted by atomic mass is 35.5. The van der Waals surface area contributed by atoms with E-state index in [9.17, 15) is 16.8 Å². The highest BCUT2D eigenvalue weighted by Crippen LogP contribution is 2.41. The van der Waals surface area contributed by atoms with Crippen LogP contribution in [0.4, 0.5) is 0 Å². The van der Waals surface area contributed by atoms with Gasteiger partial charge in [0.15, 0.2) is 0 Å². The van der Waals surface area contributed by atoms with Crippen LogP contribution in [0, 0.1) is 6.92 Å². The maximum absolute atomic E-state index is 13.0. The van der Waals surface area contributed by atoms with Gasteiger partial charge in [0.05, 0.1) is 10.1 Å². The van der Waals surface area contributed by atoms with Crippen LogP contribution >= 0.6 is 11.6 Å². The summed E-state index contributed by atoms with van der Waals surface area (Å²) in [6.45, 7) is 1.82. The Hall–Kier alpha value is -0.630. The van der Waals surface area contributed by atoms with Gasteiger partial charge in [-0.2, -0.15) is 4.31 Å². The van der Waals surface area contributed by atoms with Crippen molar-refractivity contribution >= 4 is 31.5 Å². The number of benzene rings is 1. The third-order valence-corrected chi connectivity index (χ3v) is 8.95. The fraction of sp³-hybridized carbons (Fsp3) is 0.600. The molecule has 1 aromatic rings. The topological polar surface area (TPSA) is 71.5 Å². The van der Waals surface area contributed by atoms with E-state index in [-0.39, 0.29) is 17.0 Å². The summed E-state index contributed by atoms with van der Waals surface area (Å²) >= 11 is 6.07. The molecule has 0 N–H and O–H groups in total. The standard InChI is InChI=1S/C15H20ClNO4S2/c1-10-3-6-13(9-15(10)16)23(20,21)17-11-4-5-12(17)8-14(7-11)22(2,18)19/h3,6,9,11-12,14H,4-5,7-8H2,1-2H3. The summed E-state index contributed by atoms with van der Waals surface area (Å²) in [6.07, 6.45) is 3.44. The van der Waals surface area contributed by atoms with Gasteiger partial charge in [0.25, 0.3) is 0 Å². The van der Waals surface area contributed by atoms with Crippen LogP contribution in [0.3, 0.4) is 0 Å². The lowest BCUT2D eigenvalue weighted by Gasteiger charge is -2.37. The lowest BCUT2D eigenvalue weighted by molar-refractivity contribution is 0.249. The zero-order chi connectivity index (χ0) is 17.0. The predicted molar refractivity (Wildman–Crippen MR) is 89.9 cm³/mol. The molecule has 0 radical (unpaired) electrons. The van der Waals surface area contributed by atoms with E-state index in [2.05, 4.69) is 0 Å². The van der Waals surface area contributed by atoms with Gasteiger partial charge < -0.3 is 0 Å². The first-order valence-corrected chi connectivity index (χ1v) is 11.4. The first-order valence-electron chi connectivity index (χ1n) is 7.59. The number of sulfone groups is 1. The summed E-state index contributed by atoms with van der Waals surface area (Å²) in [5.74, 6) is 0. The molecule has 0 saturated carbocycles. The minimum Gasteiger partial charge on any atom is -0.229 e. The van der Waals surface area contributed by atoms with Crippen molar-refractivity contribution in [2.45, 2.75) is 54.8 Å². The second kappa shape index (κ2) is 5.72. The zero-order valence-corrected chi connectivity index (χ0v) is 15.5. The van der Waals surface area contributed by atoms with E-state index in [4.69, 9.17) is 11.6 Å². The Balaban J connectivity index is 1.95. The second-order valence-electron chi connectivity index (χ2n) is 6.55. The number of sulfonamides is 1. The first kappa shape index (κ1) is 17.2. The Labute approximate surface area is 142 Å². The molecule has 128 valence electrons. The van der Waals surface area contributed by atoms with Crippen LogP contribution in [-0.4, -0.2) is 44.7 Å². The summed E-state index contributed by atoms with van der Waals surface area (Å²) < 4.78 is 51.2. The molecule has 0 aromatic heterocycles. The third-order valence-electron chi connectivity index (χ3n) is 4.95. The van der Waals surface area contributed by atoms with Crippen LogP contribution in [0.1, 0.15) is 31.2 Å². The molecular weight excluding hydrogens is 358 g/mol. The Morgan fingerprint density at radius 1 is 1.09 bits per heavy atom. The van der Waals surface area contributed by atoms with Crippen molar-refractivity contribution in [1.82, 2.24) is 4.31 Å². The van der Waals surface area contributed by atoms with E-state index in [1.54, 1.807) is 12.1 Å². The van der Waals surface area contributed by atoms with Gasteiger partial charge in [-0.05, 0) is 50.3 Å². The summed E-state index contributed by atoms with van der Waals surface area (Å²) in [4.78, 5) is 0.183. The van der Waals surface area contributed by atoms with Gasteiger partial charge in [-0.25, -0.2) is 16.8 Å². The molecule has 23 heavy (non-hydrogen) atoms. The maximum atomic E-state index is 13.0. The van der Waals surface area contributed by atoms with Gasteiger partial charge in [0, 0.05) is 23.4 Å². The molecule has 8 heteroatoms. The second-order valence-corrected chi connectivity index (χ2v) is 11.1. The van der Waals surface area contributed by atoms with Crippen LogP contribution in [0.15, 0.2) is 23.1 Å². The number of rotatable bonds is 3. The molecule has 2 heterocycles. The average molecular weight is 378 g/mol. The van der Waals surface area contributed by atoms with E-state index >= 15 is 0 Å². The number of hydrogen-bond acceptors (Lipinski definition) is 4. The van der Waals surface area contributed by atoms with Gasteiger partial charge in [0.2, 0.25) is 10.0 Å². The van der Waals surface area contributed by atoms with Crippen molar-refractivity contribution in [3.05, 3.63) is 28.8 Å². The van der Waals surface area contributed by atoms with Crippen molar-refractivity contribution in [2.75, 3.05) is 6.26 Å². The molecule has 2 bridgehead atoms. The number of hydrogen-bond donors (Lipinski definition) is 0. The van der Waals surface area contributed by atoms with Crippen LogP contribution < -0.4 is 0 Å². The van der Waals surface area contributed by atoms with Crippen LogP contribution in [0.2, 0.25) is 5.02 Å². The summed E-state index contributed by atoms with van der Waals surface area (Å²) in [5.41, 5.74) is 0.823. The molecule has 0 spiro atoms. The van der Waals surface area contributed by atoms with Crippen molar-refractivity contribution < 1.29 is 16.8 Å². The molecule has 0 aliphatic carbocycles. The van der Waals surface area contributed by atoms with Crippen molar-refractivity contribution in [3.8, 4) is 0 Å². The van der Waals surface area contributed by atoms with Gasteiger partial charge in [-0.1, -0.05) is 17.7 Å². The Bertz CT molecular complexity index is 821. The van der Waals surface area contributed by atoms with Crippen LogP contribution in [0.5, 0.6) is 0 Å². The normalized spacial score (nSPS) is 28.9. The zero-order valence-electron chi connectivity index (χ0n) is 13.1. The monoisotopic (exact) mass is 377 g/mol. The Morgan fingerprint density at radius 3 is 2.13 bits per heavy atom. The van der Waals surface area contributed by atoms with Gasteiger partial charge in [0.1, 0.15) is 9.84 Å². The van der Waals surface area contributed by atoms with Gasteiger partial charge in [-0.15, -0.1) is 0 Å². The SMILES string of the molecule is Cc1ccc(S(=O)(=O)N2C3CCC2CC(S(C)(=O)=O)C3)cc1Cl. The molecule has 3 rings (SSSR count). The molecule has 1 aromatic carbocycles. The highest BCUT2D eigenvalue weighted by Gasteiger charge is 2.49. The van der Waals surface area contributed by atoms with Crippen LogP contribution in [-0.2, 0) is 19.9 Å². The first-order chi connectivity index (χ1) is 10.6. The van der Waals surface area contributed by atoms with Crippen molar-refractivity contribution in [2.24, 2.45) is 0 Å². The van der Waals surface area contributed by atoms with E-state index in [0.29, 0.717) is 17.9 Å². The lowest BCUT2D eigenvalue weighted by Crippen LogP contribution is -2.49. The smallest absolute Gasteiger partial charge is 0.229 e. The summed E-state index contributed by atoms with van der Waals surface area (Å²) in [6, 6.07) is 4.27. The number of nitrogens with zero attached hydrogens (tertiary/aromatic N) is 1. The fourth-order valence-corrected chi connectivity index (χ4v) is 6.99. The number of piperidine rings is 1. The Kier molecular flexibility index (Phi) is 4.28. The highest BCUT2D eigenvalue weighted by molar-refractivity contribution is 7.91. The van der Waals surface area contributed by atoms with E-state index in [0.717, 1.165) is 18.4 Å². The predicted octanol–water partition coefficient (Wildman–Crippen LogP) is 2.38. The molecular formula is C15H20ClNO4S2. The van der Waals surface area contributed by atoms with Gasteiger partial charge in [-0.3, -0.25) is 0 Å². The molecule has 0 amide bonds. The lowest BCUT2D eigenvalue weighted by atomic mass is 10.1. The number of aryl methyl sites for hydroxylation is 1. The molecule has 2 saturated heterocycles.